The highest BCUT2D eigenvalue weighted by Gasteiger charge is 2.27. The number of carbonyl (C=O) groups is 2. The fourth-order valence-corrected chi connectivity index (χ4v) is 3.56. The lowest BCUT2D eigenvalue weighted by atomic mass is 10.0. The van der Waals surface area contributed by atoms with Crippen molar-refractivity contribution in [1.82, 2.24) is 10.2 Å². The molecular formula is C25H32BrFN2O3. The van der Waals surface area contributed by atoms with Gasteiger partial charge in [-0.2, -0.15) is 0 Å². The summed E-state index contributed by atoms with van der Waals surface area (Å²) in [4.78, 5) is 27.3. The summed E-state index contributed by atoms with van der Waals surface area (Å²) in [5.41, 5.74) is 1.88. The molecule has 32 heavy (non-hydrogen) atoms. The van der Waals surface area contributed by atoms with Crippen LogP contribution in [-0.4, -0.2) is 35.4 Å². The van der Waals surface area contributed by atoms with Crippen LogP contribution in [0.5, 0.6) is 5.75 Å². The van der Waals surface area contributed by atoms with Crippen LogP contribution in [0.4, 0.5) is 4.39 Å². The molecule has 0 aliphatic heterocycles. The van der Waals surface area contributed by atoms with Gasteiger partial charge in [0.05, 0.1) is 4.47 Å². The summed E-state index contributed by atoms with van der Waals surface area (Å²) in [7, 11) is 0. The highest BCUT2D eigenvalue weighted by Crippen LogP contribution is 2.29. The van der Waals surface area contributed by atoms with Gasteiger partial charge in [0.15, 0.2) is 6.61 Å². The number of hydrogen-bond acceptors (Lipinski definition) is 3. The summed E-state index contributed by atoms with van der Waals surface area (Å²) in [5.74, 6) is 0.00436. The fraction of sp³-hybridized carbons (Fsp3) is 0.440. The van der Waals surface area contributed by atoms with E-state index < -0.39 is 6.04 Å². The van der Waals surface area contributed by atoms with Gasteiger partial charge in [0, 0.05) is 12.6 Å². The van der Waals surface area contributed by atoms with Gasteiger partial charge in [-0.3, -0.25) is 9.59 Å². The Morgan fingerprint density at radius 1 is 1.09 bits per heavy atom. The normalized spacial score (nSPS) is 12.9. The first-order valence-corrected chi connectivity index (χ1v) is 11.7. The van der Waals surface area contributed by atoms with Crippen molar-refractivity contribution in [2.45, 2.75) is 65.6 Å². The quantitative estimate of drug-likeness (QED) is 0.467. The molecule has 174 valence electrons. The molecule has 0 radical (unpaired) electrons. The van der Waals surface area contributed by atoms with E-state index >= 15 is 0 Å². The molecule has 1 N–H and O–H groups in total. The number of amides is 2. The minimum absolute atomic E-state index is 0.000555. The maximum atomic E-state index is 13.3. The zero-order valence-corrected chi connectivity index (χ0v) is 20.9. The van der Waals surface area contributed by atoms with E-state index in [0.29, 0.717) is 11.7 Å². The molecule has 0 saturated carbocycles. The lowest BCUT2D eigenvalue weighted by Gasteiger charge is -2.29. The molecule has 2 unspecified atom stereocenters. The number of nitrogens with one attached hydrogen (secondary N) is 1. The number of nitrogens with zero attached hydrogens (tertiary/aromatic N) is 1. The maximum Gasteiger partial charge on any atom is 0.261 e. The number of halogens is 2. The molecule has 2 aromatic carbocycles. The molecule has 0 bridgehead atoms. The predicted molar refractivity (Wildman–Crippen MR) is 128 cm³/mol. The third-order valence-corrected chi connectivity index (χ3v) is 6.03. The Hall–Kier alpha value is -2.41. The van der Waals surface area contributed by atoms with Gasteiger partial charge < -0.3 is 15.0 Å². The first-order valence-electron chi connectivity index (χ1n) is 10.9. The highest BCUT2D eigenvalue weighted by molar-refractivity contribution is 9.10. The summed E-state index contributed by atoms with van der Waals surface area (Å²) < 4.78 is 19.8. The Kier molecular flexibility index (Phi) is 9.69. The maximum absolute atomic E-state index is 13.3. The molecule has 0 aliphatic carbocycles. The van der Waals surface area contributed by atoms with E-state index in [9.17, 15) is 14.0 Å². The summed E-state index contributed by atoms with van der Waals surface area (Å²) in [6.45, 7) is 9.74. The van der Waals surface area contributed by atoms with Gasteiger partial charge in [-0.25, -0.2) is 4.39 Å². The van der Waals surface area contributed by atoms with Crippen LogP contribution in [0.2, 0.25) is 0 Å². The van der Waals surface area contributed by atoms with Crippen LogP contribution in [0.25, 0.3) is 0 Å². The molecule has 2 rings (SSSR count). The van der Waals surface area contributed by atoms with E-state index in [1.54, 1.807) is 19.1 Å². The van der Waals surface area contributed by atoms with E-state index in [1.165, 1.54) is 17.0 Å². The second kappa shape index (κ2) is 12.0. The van der Waals surface area contributed by atoms with Crippen LogP contribution in [-0.2, 0) is 16.1 Å². The van der Waals surface area contributed by atoms with E-state index in [2.05, 4.69) is 35.1 Å². The second-order valence-corrected chi connectivity index (χ2v) is 9.13. The van der Waals surface area contributed by atoms with Gasteiger partial charge in [0.1, 0.15) is 17.6 Å². The molecule has 2 amide bonds. The van der Waals surface area contributed by atoms with Gasteiger partial charge >= 0.3 is 0 Å². The summed E-state index contributed by atoms with van der Waals surface area (Å²) in [5, 5.41) is 2.92. The largest absolute Gasteiger partial charge is 0.483 e. The van der Waals surface area contributed by atoms with Gasteiger partial charge in [0.25, 0.3) is 5.91 Å². The number of rotatable bonds is 10. The van der Waals surface area contributed by atoms with Crippen molar-refractivity contribution < 1.29 is 18.7 Å². The van der Waals surface area contributed by atoms with Crippen molar-refractivity contribution in [2.75, 3.05) is 6.61 Å². The van der Waals surface area contributed by atoms with Gasteiger partial charge in [0.2, 0.25) is 5.91 Å². The fourth-order valence-electron chi connectivity index (χ4n) is 3.05. The number of hydrogen-bond donors (Lipinski definition) is 1. The van der Waals surface area contributed by atoms with Crippen LogP contribution in [0, 0.1) is 5.82 Å². The molecule has 7 heteroatoms. The standard InChI is InChI=1S/C25H32BrFN2O3/c1-6-17(4)28-25(31)18(5)29(14-19-7-10-21(27)11-8-19)24(30)15-32-23-12-9-20(16(2)3)13-22(23)26/h7-13,16-18H,6,14-15H2,1-5H3,(H,28,31). The average molecular weight is 507 g/mol. The number of ether oxygens (including phenoxy) is 1. The zero-order valence-electron chi connectivity index (χ0n) is 19.3. The van der Waals surface area contributed by atoms with Crippen molar-refractivity contribution in [3.8, 4) is 5.75 Å². The minimum Gasteiger partial charge on any atom is -0.483 e. The van der Waals surface area contributed by atoms with Gasteiger partial charge in [-0.15, -0.1) is 0 Å². The van der Waals surface area contributed by atoms with Crippen molar-refractivity contribution in [3.63, 3.8) is 0 Å². The van der Waals surface area contributed by atoms with Crippen LogP contribution in [0.3, 0.4) is 0 Å². The van der Waals surface area contributed by atoms with Crippen LogP contribution in [0.1, 0.15) is 58.1 Å². The predicted octanol–water partition coefficient (Wildman–Crippen LogP) is 5.42. The van der Waals surface area contributed by atoms with E-state index in [1.807, 2.05) is 32.0 Å². The Balaban J connectivity index is 2.17. The number of carbonyl (C=O) groups excluding carboxylic acids is 2. The van der Waals surface area contributed by atoms with Crippen molar-refractivity contribution in [2.24, 2.45) is 0 Å². The SMILES string of the molecule is CCC(C)NC(=O)C(C)N(Cc1ccc(F)cc1)C(=O)COc1ccc(C(C)C)cc1Br. The van der Waals surface area contributed by atoms with Crippen molar-refractivity contribution >= 4 is 27.7 Å². The molecular weight excluding hydrogens is 475 g/mol. The summed E-state index contributed by atoms with van der Waals surface area (Å²) in [6.07, 6.45) is 0.786. The molecule has 0 aliphatic rings. The van der Waals surface area contributed by atoms with Gasteiger partial charge in [-0.1, -0.05) is 39.0 Å². The lowest BCUT2D eigenvalue weighted by Crippen LogP contribution is -2.50. The summed E-state index contributed by atoms with van der Waals surface area (Å²) in [6, 6.07) is 11.0. The van der Waals surface area contributed by atoms with Crippen LogP contribution < -0.4 is 10.1 Å². The smallest absolute Gasteiger partial charge is 0.261 e. The lowest BCUT2D eigenvalue weighted by molar-refractivity contribution is -0.142. The first-order chi connectivity index (χ1) is 15.1. The third kappa shape index (κ3) is 7.33. The Morgan fingerprint density at radius 3 is 2.31 bits per heavy atom. The van der Waals surface area contributed by atoms with E-state index in [-0.39, 0.29) is 36.8 Å². The van der Waals surface area contributed by atoms with E-state index in [0.717, 1.165) is 22.0 Å². The van der Waals surface area contributed by atoms with Gasteiger partial charge in [-0.05, 0) is 77.5 Å². The molecule has 2 aromatic rings. The first kappa shape index (κ1) is 25.8. The molecule has 0 heterocycles. The Labute approximate surface area is 198 Å². The highest BCUT2D eigenvalue weighted by atomic mass is 79.9. The Bertz CT molecular complexity index is 918. The van der Waals surface area contributed by atoms with Crippen molar-refractivity contribution in [1.29, 1.82) is 0 Å². The molecule has 5 nitrogen and oxygen atoms in total. The molecule has 0 fully saturated rings. The minimum atomic E-state index is -0.711. The topological polar surface area (TPSA) is 58.6 Å². The van der Waals surface area contributed by atoms with E-state index in [4.69, 9.17) is 4.74 Å². The third-order valence-electron chi connectivity index (χ3n) is 5.41. The molecule has 0 saturated heterocycles. The average Bonchev–Trinajstić information content (AvgIpc) is 2.76. The van der Waals surface area contributed by atoms with Crippen LogP contribution >= 0.6 is 15.9 Å². The van der Waals surface area contributed by atoms with Crippen LogP contribution in [0.15, 0.2) is 46.9 Å². The zero-order chi connectivity index (χ0) is 23.8. The molecule has 2 atom stereocenters. The Morgan fingerprint density at radius 2 is 1.75 bits per heavy atom. The van der Waals surface area contributed by atoms with Crippen molar-refractivity contribution in [3.05, 3.63) is 63.9 Å². The molecule has 0 aromatic heterocycles. The monoisotopic (exact) mass is 506 g/mol. The molecule has 0 spiro atoms. The second-order valence-electron chi connectivity index (χ2n) is 8.28. The number of benzene rings is 2. The summed E-state index contributed by atoms with van der Waals surface area (Å²) >= 11 is 3.50.